The zero-order valence-electron chi connectivity index (χ0n) is 17.2. The Hall–Kier alpha value is -3.74. The standard InChI is InChI=1S/C23H24N2O5/c1-4-29-23(26)18-8-6-17(7-9-18)20-12-10-19(30-20)15-25-24-14-16-5-11-21(27-2)22(13-16)28-3/h5-13,15,24H,4,14H2,1-3H3/b25-15-. The third kappa shape index (κ3) is 5.20. The molecule has 7 nitrogen and oxygen atoms in total. The summed E-state index contributed by atoms with van der Waals surface area (Å²) in [5.41, 5.74) is 5.36. The molecular weight excluding hydrogens is 384 g/mol. The fourth-order valence-electron chi connectivity index (χ4n) is 2.80. The second-order valence-electron chi connectivity index (χ2n) is 6.28. The Morgan fingerprint density at radius 3 is 2.50 bits per heavy atom. The third-order valence-corrected chi connectivity index (χ3v) is 4.32. The summed E-state index contributed by atoms with van der Waals surface area (Å²) in [7, 11) is 3.21. The van der Waals surface area contributed by atoms with Crippen molar-refractivity contribution in [1.82, 2.24) is 5.43 Å². The third-order valence-electron chi connectivity index (χ3n) is 4.32. The Morgan fingerprint density at radius 2 is 1.80 bits per heavy atom. The molecule has 0 saturated heterocycles. The van der Waals surface area contributed by atoms with Gasteiger partial charge < -0.3 is 24.1 Å². The van der Waals surface area contributed by atoms with Gasteiger partial charge in [0, 0.05) is 5.56 Å². The monoisotopic (exact) mass is 408 g/mol. The lowest BCUT2D eigenvalue weighted by molar-refractivity contribution is 0.0526. The molecule has 0 bridgehead atoms. The van der Waals surface area contributed by atoms with Crippen molar-refractivity contribution in [3.63, 3.8) is 0 Å². The van der Waals surface area contributed by atoms with E-state index in [4.69, 9.17) is 18.6 Å². The van der Waals surface area contributed by atoms with Crippen LogP contribution in [0.15, 0.2) is 64.1 Å². The van der Waals surface area contributed by atoms with Gasteiger partial charge in [0.15, 0.2) is 11.5 Å². The van der Waals surface area contributed by atoms with Crippen LogP contribution in [-0.2, 0) is 11.3 Å². The van der Waals surface area contributed by atoms with Gasteiger partial charge in [0.2, 0.25) is 0 Å². The summed E-state index contributed by atoms with van der Waals surface area (Å²) in [6.45, 7) is 2.65. The number of ether oxygens (including phenoxy) is 3. The Kier molecular flexibility index (Phi) is 7.10. The number of hydrogen-bond donors (Lipinski definition) is 1. The van der Waals surface area contributed by atoms with E-state index in [1.165, 1.54) is 0 Å². The maximum absolute atomic E-state index is 11.7. The molecule has 0 saturated carbocycles. The number of nitrogens with one attached hydrogen (secondary N) is 1. The second-order valence-corrected chi connectivity index (χ2v) is 6.28. The maximum atomic E-state index is 11.7. The predicted molar refractivity (Wildman–Crippen MR) is 114 cm³/mol. The average molecular weight is 408 g/mol. The number of nitrogens with zero attached hydrogens (tertiary/aromatic N) is 1. The van der Waals surface area contributed by atoms with E-state index in [2.05, 4.69) is 10.5 Å². The molecule has 0 spiro atoms. The van der Waals surface area contributed by atoms with Crippen molar-refractivity contribution in [2.24, 2.45) is 5.10 Å². The number of hydrazone groups is 1. The van der Waals surface area contributed by atoms with Gasteiger partial charge in [-0.2, -0.15) is 5.10 Å². The molecule has 0 fully saturated rings. The van der Waals surface area contributed by atoms with Crippen LogP contribution in [0.1, 0.15) is 28.6 Å². The molecule has 3 aromatic rings. The summed E-state index contributed by atoms with van der Waals surface area (Å²) in [5, 5.41) is 4.20. The summed E-state index contributed by atoms with van der Waals surface area (Å²) in [4.78, 5) is 11.7. The molecule has 156 valence electrons. The molecule has 0 aliphatic carbocycles. The van der Waals surface area contributed by atoms with E-state index in [-0.39, 0.29) is 5.97 Å². The van der Waals surface area contributed by atoms with Crippen LogP contribution in [0.3, 0.4) is 0 Å². The van der Waals surface area contributed by atoms with Crippen molar-refractivity contribution in [3.8, 4) is 22.8 Å². The SMILES string of the molecule is CCOC(=O)c1ccc(-c2ccc(/C=N\NCc3ccc(OC)c(OC)c3)o2)cc1. The molecular formula is C23H24N2O5. The van der Waals surface area contributed by atoms with E-state index in [9.17, 15) is 4.79 Å². The van der Waals surface area contributed by atoms with Crippen molar-refractivity contribution >= 4 is 12.2 Å². The molecule has 3 rings (SSSR count). The molecule has 0 aliphatic heterocycles. The van der Waals surface area contributed by atoms with Crippen LogP contribution in [-0.4, -0.2) is 33.0 Å². The fourth-order valence-corrected chi connectivity index (χ4v) is 2.80. The molecule has 0 unspecified atom stereocenters. The molecule has 30 heavy (non-hydrogen) atoms. The molecule has 0 atom stereocenters. The number of rotatable bonds is 9. The van der Waals surface area contributed by atoms with Gasteiger partial charge in [-0.15, -0.1) is 0 Å². The summed E-state index contributed by atoms with van der Waals surface area (Å²) in [5.74, 6) is 2.32. The quantitative estimate of drug-likeness (QED) is 0.324. The predicted octanol–water partition coefficient (Wildman–Crippen LogP) is 4.26. The van der Waals surface area contributed by atoms with Gasteiger partial charge in [0.25, 0.3) is 0 Å². The number of carbonyl (C=O) groups excluding carboxylic acids is 1. The number of furan rings is 1. The molecule has 0 radical (unpaired) electrons. The van der Waals surface area contributed by atoms with Gasteiger partial charge >= 0.3 is 5.97 Å². The van der Waals surface area contributed by atoms with Crippen LogP contribution < -0.4 is 14.9 Å². The number of benzene rings is 2. The molecule has 0 aliphatic rings. The van der Waals surface area contributed by atoms with Gasteiger partial charge in [-0.3, -0.25) is 0 Å². The van der Waals surface area contributed by atoms with Crippen LogP contribution in [0, 0.1) is 0 Å². The van der Waals surface area contributed by atoms with Gasteiger partial charge in [0.1, 0.15) is 11.5 Å². The van der Waals surface area contributed by atoms with Crippen molar-refractivity contribution in [1.29, 1.82) is 0 Å². The number of hydrogen-bond acceptors (Lipinski definition) is 7. The van der Waals surface area contributed by atoms with Crippen LogP contribution in [0.5, 0.6) is 11.5 Å². The highest BCUT2D eigenvalue weighted by atomic mass is 16.5. The summed E-state index contributed by atoms with van der Waals surface area (Å²) < 4.78 is 21.3. The van der Waals surface area contributed by atoms with E-state index in [1.807, 2.05) is 42.5 Å². The van der Waals surface area contributed by atoms with Crippen LogP contribution in [0.4, 0.5) is 0 Å². The number of esters is 1. The van der Waals surface area contributed by atoms with E-state index < -0.39 is 0 Å². The lowest BCUT2D eigenvalue weighted by Crippen LogP contribution is -2.05. The van der Waals surface area contributed by atoms with Gasteiger partial charge in [-0.05, 0) is 48.9 Å². The second kappa shape index (κ2) is 10.2. The minimum Gasteiger partial charge on any atom is -0.493 e. The highest BCUT2D eigenvalue weighted by molar-refractivity contribution is 5.90. The van der Waals surface area contributed by atoms with E-state index in [0.29, 0.717) is 41.7 Å². The Labute approximate surface area is 175 Å². The summed E-state index contributed by atoms with van der Waals surface area (Å²) >= 11 is 0. The largest absolute Gasteiger partial charge is 0.493 e. The average Bonchev–Trinajstić information content (AvgIpc) is 3.25. The smallest absolute Gasteiger partial charge is 0.338 e. The van der Waals surface area contributed by atoms with Crippen molar-refractivity contribution < 1.29 is 23.4 Å². The topological polar surface area (TPSA) is 82.3 Å². The van der Waals surface area contributed by atoms with Gasteiger partial charge in [-0.25, -0.2) is 4.79 Å². The molecule has 1 N–H and O–H groups in total. The van der Waals surface area contributed by atoms with Crippen molar-refractivity contribution in [3.05, 3.63) is 71.5 Å². The maximum Gasteiger partial charge on any atom is 0.338 e. The molecule has 1 aromatic heterocycles. The highest BCUT2D eigenvalue weighted by Crippen LogP contribution is 2.27. The van der Waals surface area contributed by atoms with Crippen molar-refractivity contribution in [2.45, 2.75) is 13.5 Å². The Morgan fingerprint density at radius 1 is 1.03 bits per heavy atom. The normalized spacial score (nSPS) is 10.8. The minimum atomic E-state index is -0.336. The van der Waals surface area contributed by atoms with Crippen LogP contribution >= 0.6 is 0 Å². The minimum absolute atomic E-state index is 0.336. The molecule has 1 heterocycles. The zero-order valence-corrected chi connectivity index (χ0v) is 17.2. The van der Waals surface area contributed by atoms with Crippen molar-refractivity contribution in [2.75, 3.05) is 20.8 Å². The van der Waals surface area contributed by atoms with Crippen LogP contribution in [0.25, 0.3) is 11.3 Å². The lowest BCUT2D eigenvalue weighted by Gasteiger charge is -2.09. The Balaban J connectivity index is 1.57. The number of methoxy groups -OCH3 is 2. The summed E-state index contributed by atoms with van der Waals surface area (Å²) in [6.07, 6.45) is 1.61. The Bertz CT molecular complexity index is 1010. The lowest BCUT2D eigenvalue weighted by atomic mass is 10.1. The first kappa shape index (κ1) is 21.0. The van der Waals surface area contributed by atoms with E-state index in [1.54, 1.807) is 39.5 Å². The zero-order chi connectivity index (χ0) is 21.3. The van der Waals surface area contributed by atoms with Crippen LogP contribution in [0.2, 0.25) is 0 Å². The van der Waals surface area contributed by atoms with E-state index >= 15 is 0 Å². The first-order chi connectivity index (χ1) is 14.6. The first-order valence-corrected chi connectivity index (χ1v) is 9.48. The first-order valence-electron chi connectivity index (χ1n) is 9.48. The van der Waals surface area contributed by atoms with Gasteiger partial charge in [0.05, 0.1) is 39.1 Å². The van der Waals surface area contributed by atoms with E-state index in [0.717, 1.165) is 11.1 Å². The molecule has 2 aromatic carbocycles. The fraction of sp³-hybridized carbons (Fsp3) is 0.217. The summed E-state index contributed by atoms with van der Waals surface area (Å²) in [6, 6.07) is 16.4. The number of carbonyl (C=O) groups is 1. The van der Waals surface area contributed by atoms with Gasteiger partial charge in [-0.1, -0.05) is 18.2 Å². The molecule has 7 heteroatoms. The molecule has 0 amide bonds. The highest BCUT2D eigenvalue weighted by Gasteiger charge is 2.08.